The number of aromatic nitrogens is 2. The van der Waals surface area contributed by atoms with Gasteiger partial charge >= 0.3 is 0 Å². The van der Waals surface area contributed by atoms with E-state index in [0.29, 0.717) is 17.3 Å². The minimum Gasteiger partial charge on any atom is -0.319 e. The van der Waals surface area contributed by atoms with Gasteiger partial charge in [0.25, 0.3) is 0 Å². The lowest BCUT2D eigenvalue weighted by atomic mass is 10.0. The first-order valence-corrected chi connectivity index (χ1v) is 6.85. The third kappa shape index (κ3) is 3.40. The second kappa shape index (κ2) is 6.51. The van der Waals surface area contributed by atoms with Crippen LogP contribution in [0.1, 0.15) is 17.3 Å². The topological polar surface area (TPSA) is 47.1 Å². The van der Waals surface area contributed by atoms with Gasteiger partial charge in [-0.2, -0.15) is 5.10 Å². The van der Waals surface area contributed by atoms with Crippen LogP contribution in [0.4, 0.5) is 8.78 Å². The van der Waals surface area contributed by atoms with E-state index in [0.717, 1.165) is 12.6 Å². The molecule has 0 aliphatic rings. The molecule has 21 heavy (non-hydrogen) atoms. The van der Waals surface area contributed by atoms with Crippen molar-refractivity contribution in [1.82, 2.24) is 14.7 Å². The van der Waals surface area contributed by atoms with E-state index in [9.17, 15) is 8.78 Å². The highest BCUT2D eigenvalue weighted by Crippen LogP contribution is 2.28. The molecule has 0 amide bonds. The normalized spacial score (nSPS) is 12.9. The van der Waals surface area contributed by atoms with E-state index in [1.165, 1.54) is 18.3 Å². The van der Waals surface area contributed by atoms with Gasteiger partial charge in [-0.15, -0.1) is 0 Å². The summed E-state index contributed by atoms with van der Waals surface area (Å²) < 4.78 is 28.9. The van der Waals surface area contributed by atoms with Crippen LogP contribution in [0.25, 0.3) is 0 Å². The number of nitrogens with two attached hydrogens (primary N) is 1. The van der Waals surface area contributed by atoms with E-state index in [1.54, 1.807) is 4.68 Å². The van der Waals surface area contributed by atoms with Crippen LogP contribution in [0.5, 0.6) is 0 Å². The molecule has 0 radical (unpaired) electrons. The highest BCUT2D eigenvalue weighted by atomic mass is 35.5. The zero-order valence-corrected chi connectivity index (χ0v) is 12.6. The number of hydrogen-bond acceptors (Lipinski definition) is 3. The van der Waals surface area contributed by atoms with Crippen molar-refractivity contribution in [3.05, 3.63) is 52.3 Å². The molecule has 2 N–H and O–H groups in total. The first-order valence-electron chi connectivity index (χ1n) is 6.47. The predicted octanol–water partition coefficient (Wildman–Crippen LogP) is 2.42. The second-order valence-electron chi connectivity index (χ2n) is 5.02. The Kier molecular flexibility index (Phi) is 4.92. The standard InChI is InChI=1S/C14H17ClF2N4/c1-20(2)6-7-21-14(10(15)8-19-21)13(18)9-4-3-5-11(16)12(9)17/h3-5,8,13H,6-7,18H2,1-2H3. The van der Waals surface area contributed by atoms with Crippen LogP contribution >= 0.6 is 11.6 Å². The first kappa shape index (κ1) is 15.9. The summed E-state index contributed by atoms with van der Waals surface area (Å²) in [7, 11) is 3.86. The van der Waals surface area contributed by atoms with E-state index in [1.807, 2.05) is 19.0 Å². The zero-order chi connectivity index (χ0) is 15.6. The molecular formula is C14H17ClF2N4. The number of halogens is 3. The van der Waals surface area contributed by atoms with E-state index in [2.05, 4.69) is 5.10 Å². The van der Waals surface area contributed by atoms with Crippen molar-refractivity contribution in [3.8, 4) is 0 Å². The van der Waals surface area contributed by atoms with Gasteiger partial charge in [0, 0.05) is 12.1 Å². The summed E-state index contributed by atoms with van der Waals surface area (Å²) in [4.78, 5) is 1.98. The van der Waals surface area contributed by atoms with Crippen molar-refractivity contribution < 1.29 is 8.78 Å². The molecule has 0 saturated heterocycles. The van der Waals surface area contributed by atoms with Crippen molar-refractivity contribution >= 4 is 11.6 Å². The van der Waals surface area contributed by atoms with Gasteiger partial charge in [-0.3, -0.25) is 4.68 Å². The van der Waals surface area contributed by atoms with Crippen LogP contribution in [0.2, 0.25) is 5.02 Å². The number of rotatable bonds is 5. The van der Waals surface area contributed by atoms with Crippen LogP contribution in [-0.4, -0.2) is 35.3 Å². The number of hydrogen-bond donors (Lipinski definition) is 1. The largest absolute Gasteiger partial charge is 0.319 e. The molecule has 0 spiro atoms. The van der Waals surface area contributed by atoms with Gasteiger partial charge in [0.05, 0.1) is 29.5 Å². The lowest BCUT2D eigenvalue weighted by Gasteiger charge is -2.17. The summed E-state index contributed by atoms with van der Waals surface area (Å²) in [6.45, 7) is 1.28. The summed E-state index contributed by atoms with van der Waals surface area (Å²) in [6.07, 6.45) is 1.46. The third-order valence-corrected chi connectivity index (χ3v) is 3.49. The fourth-order valence-corrected chi connectivity index (χ4v) is 2.32. The Morgan fingerprint density at radius 3 is 2.76 bits per heavy atom. The molecule has 2 aromatic rings. The van der Waals surface area contributed by atoms with E-state index in [4.69, 9.17) is 17.3 Å². The highest BCUT2D eigenvalue weighted by Gasteiger charge is 2.22. The molecule has 1 unspecified atom stereocenters. The molecule has 1 aromatic heterocycles. The third-order valence-electron chi connectivity index (χ3n) is 3.20. The maximum atomic E-state index is 13.9. The fraction of sp³-hybridized carbons (Fsp3) is 0.357. The molecule has 1 atom stereocenters. The van der Waals surface area contributed by atoms with E-state index in [-0.39, 0.29) is 5.56 Å². The molecule has 0 saturated carbocycles. The van der Waals surface area contributed by atoms with E-state index >= 15 is 0 Å². The lowest BCUT2D eigenvalue weighted by molar-refractivity contribution is 0.367. The Morgan fingerprint density at radius 2 is 2.10 bits per heavy atom. The number of likely N-dealkylation sites (N-methyl/N-ethyl adjacent to an activating group) is 1. The van der Waals surface area contributed by atoms with Crippen LogP contribution in [0.3, 0.4) is 0 Å². The molecular weight excluding hydrogens is 298 g/mol. The SMILES string of the molecule is CN(C)CCn1ncc(Cl)c1C(N)c1cccc(F)c1F. The summed E-state index contributed by atoms with van der Waals surface area (Å²) in [5, 5.41) is 4.49. The van der Waals surface area contributed by atoms with Crippen molar-refractivity contribution in [1.29, 1.82) is 0 Å². The molecule has 4 nitrogen and oxygen atoms in total. The molecule has 1 aromatic carbocycles. The van der Waals surface area contributed by atoms with Crippen molar-refractivity contribution in [3.63, 3.8) is 0 Å². The van der Waals surface area contributed by atoms with Gasteiger partial charge in [-0.05, 0) is 20.2 Å². The minimum absolute atomic E-state index is 0.0588. The Hall–Kier alpha value is -1.50. The number of nitrogens with zero attached hydrogens (tertiary/aromatic N) is 3. The Morgan fingerprint density at radius 1 is 1.38 bits per heavy atom. The maximum Gasteiger partial charge on any atom is 0.163 e. The average molecular weight is 315 g/mol. The van der Waals surface area contributed by atoms with Crippen molar-refractivity contribution in [2.24, 2.45) is 5.73 Å². The summed E-state index contributed by atoms with van der Waals surface area (Å²) in [5.74, 6) is -1.89. The molecule has 0 fully saturated rings. The highest BCUT2D eigenvalue weighted by molar-refractivity contribution is 6.31. The van der Waals surface area contributed by atoms with Crippen LogP contribution < -0.4 is 5.73 Å². The van der Waals surface area contributed by atoms with Gasteiger partial charge < -0.3 is 10.6 Å². The second-order valence-corrected chi connectivity index (χ2v) is 5.43. The molecule has 0 bridgehead atoms. The number of benzene rings is 1. The van der Waals surface area contributed by atoms with Crippen LogP contribution in [0, 0.1) is 11.6 Å². The Balaban J connectivity index is 2.36. The molecule has 0 aliphatic carbocycles. The average Bonchev–Trinajstić information content (AvgIpc) is 2.80. The lowest BCUT2D eigenvalue weighted by Crippen LogP contribution is -2.24. The maximum absolute atomic E-state index is 13.9. The molecule has 1 heterocycles. The van der Waals surface area contributed by atoms with Crippen LogP contribution in [-0.2, 0) is 6.54 Å². The van der Waals surface area contributed by atoms with Crippen molar-refractivity contribution in [2.75, 3.05) is 20.6 Å². The summed E-state index contributed by atoms with van der Waals surface area (Å²) in [5.41, 5.74) is 6.61. The molecule has 114 valence electrons. The summed E-state index contributed by atoms with van der Waals surface area (Å²) >= 11 is 6.10. The minimum atomic E-state index is -0.957. The molecule has 0 aliphatic heterocycles. The van der Waals surface area contributed by atoms with Crippen LogP contribution in [0.15, 0.2) is 24.4 Å². The van der Waals surface area contributed by atoms with Gasteiger partial charge in [-0.25, -0.2) is 8.78 Å². The smallest absolute Gasteiger partial charge is 0.163 e. The van der Waals surface area contributed by atoms with Gasteiger partial charge in [0.1, 0.15) is 0 Å². The molecule has 2 rings (SSSR count). The predicted molar refractivity (Wildman–Crippen MR) is 78.2 cm³/mol. The monoisotopic (exact) mass is 314 g/mol. The fourth-order valence-electron chi connectivity index (χ4n) is 2.06. The van der Waals surface area contributed by atoms with Gasteiger partial charge in [0.2, 0.25) is 0 Å². The van der Waals surface area contributed by atoms with E-state index < -0.39 is 17.7 Å². The molecule has 7 heteroatoms. The zero-order valence-electron chi connectivity index (χ0n) is 11.9. The van der Waals surface area contributed by atoms with Gasteiger partial charge in [0.15, 0.2) is 11.6 Å². The Bertz CT molecular complexity index is 627. The Labute approximate surface area is 127 Å². The van der Waals surface area contributed by atoms with Crippen molar-refractivity contribution in [2.45, 2.75) is 12.6 Å². The van der Waals surface area contributed by atoms with Gasteiger partial charge in [-0.1, -0.05) is 23.7 Å². The summed E-state index contributed by atoms with van der Waals surface area (Å²) in [6, 6.07) is 3.04. The quantitative estimate of drug-likeness (QED) is 0.922. The first-order chi connectivity index (χ1) is 9.91.